The molecule has 1 aliphatic heterocycles. The number of halogens is 2. The lowest BCUT2D eigenvalue weighted by Crippen LogP contribution is -2.43. The van der Waals surface area contributed by atoms with Crippen molar-refractivity contribution in [2.75, 3.05) is 18.1 Å². The molecule has 0 fully saturated rings. The summed E-state index contributed by atoms with van der Waals surface area (Å²) < 4.78 is 5.63. The van der Waals surface area contributed by atoms with Gasteiger partial charge in [-0.15, -0.1) is 0 Å². The number of carbonyl (C=O) groups is 2. The molecule has 0 bridgehead atoms. The Morgan fingerprint density at radius 1 is 1.15 bits per heavy atom. The van der Waals surface area contributed by atoms with E-state index in [0.717, 1.165) is 0 Å². The van der Waals surface area contributed by atoms with Crippen molar-refractivity contribution in [2.24, 2.45) is 0 Å². The first-order chi connectivity index (χ1) is 12.3. The molecule has 3 rings (SSSR count). The lowest BCUT2D eigenvalue weighted by Gasteiger charge is -2.22. The number of Topliss-reactive ketones (excluding diaryl/α,β-unsaturated/α-hetero) is 1. The highest BCUT2D eigenvalue weighted by Crippen LogP contribution is 2.46. The number of nitrogens with zero attached hydrogens (tertiary/aromatic N) is 1. The van der Waals surface area contributed by atoms with Gasteiger partial charge < -0.3 is 14.7 Å². The van der Waals surface area contributed by atoms with Crippen LogP contribution in [0.1, 0.15) is 18.9 Å². The van der Waals surface area contributed by atoms with Crippen molar-refractivity contribution < 1.29 is 19.4 Å². The first kappa shape index (κ1) is 18.7. The molecule has 136 valence electrons. The van der Waals surface area contributed by atoms with Gasteiger partial charge in [0.15, 0.2) is 5.60 Å². The summed E-state index contributed by atoms with van der Waals surface area (Å²) in [5, 5.41) is 11.7. The first-order valence-electron chi connectivity index (χ1n) is 8.04. The molecule has 1 N–H and O–H groups in total. The van der Waals surface area contributed by atoms with E-state index in [2.05, 4.69) is 0 Å². The second kappa shape index (κ2) is 7.27. The molecule has 26 heavy (non-hydrogen) atoms. The van der Waals surface area contributed by atoms with Gasteiger partial charge in [0.25, 0.3) is 5.91 Å². The molecule has 0 saturated heterocycles. The maximum atomic E-state index is 12.9. The average molecular weight is 394 g/mol. The van der Waals surface area contributed by atoms with Crippen LogP contribution in [0.2, 0.25) is 10.0 Å². The van der Waals surface area contributed by atoms with Gasteiger partial charge in [-0.2, -0.15) is 0 Å². The van der Waals surface area contributed by atoms with Crippen LogP contribution < -0.4 is 9.64 Å². The van der Waals surface area contributed by atoms with Crippen molar-refractivity contribution in [3.05, 3.63) is 58.1 Å². The van der Waals surface area contributed by atoms with Crippen molar-refractivity contribution in [3.8, 4) is 5.75 Å². The third kappa shape index (κ3) is 3.30. The number of benzene rings is 2. The normalized spacial score (nSPS) is 18.8. The fraction of sp³-hybridized carbons (Fsp3) is 0.263. The molecule has 0 radical (unpaired) electrons. The summed E-state index contributed by atoms with van der Waals surface area (Å²) in [4.78, 5) is 25.8. The second-order valence-electron chi connectivity index (χ2n) is 6.11. The zero-order chi connectivity index (χ0) is 18.9. The average Bonchev–Trinajstić information content (AvgIpc) is 2.79. The van der Waals surface area contributed by atoms with Crippen molar-refractivity contribution in [1.29, 1.82) is 0 Å². The fourth-order valence-electron chi connectivity index (χ4n) is 3.12. The number of hydrogen-bond acceptors (Lipinski definition) is 4. The van der Waals surface area contributed by atoms with E-state index in [1.54, 1.807) is 42.5 Å². The molecule has 1 unspecified atom stereocenters. The Kier molecular flexibility index (Phi) is 5.23. The summed E-state index contributed by atoms with van der Waals surface area (Å²) in [6.07, 6.45) is -0.305. The minimum Gasteiger partial charge on any atom is -0.490 e. The van der Waals surface area contributed by atoms with E-state index in [4.69, 9.17) is 27.9 Å². The van der Waals surface area contributed by atoms with E-state index in [-0.39, 0.29) is 25.4 Å². The van der Waals surface area contributed by atoms with Gasteiger partial charge in [0.1, 0.15) is 18.1 Å². The third-order valence-electron chi connectivity index (χ3n) is 4.22. The summed E-state index contributed by atoms with van der Waals surface area (Å²) >= 11 is 12.3. The summed E-state index contributed by atoms with van der Waals surface area (Å²) in [6.45, 7) is 1.63. The topological polar surface area (TPSA) is 66.8 Å². The lowest BCUT2D eigenvalue weighted by molar-refractivity contribution is -0.141. The summed E-state index contributed by atoms with van der Waals surface area (Å²) in [7, 11) is 0. The number of amides is 1. The smallest absolute Gasteiger partial charge is 0.264 e. The van der Waals surface area contributed by atoms with Crippen LogP contribution >= 0.6 is 23.2 Å². The Morgan fingerprint density at radius 3 is 2.54 bits per heavy atom. The number of ketones is 1. The van der Waals surface area contributed by atoms with E-state index >= 15 is 0 Å². The van der Waals surface area contributed by atoms with Gasteiger partial charge in [0, 0.05) is 12.0 Å². The number of aliphatic hydroxyl groups is 1. The lowest BCUT2D eigenvalue weighted by atomic mass is 9.90. The molecule has 2 aromatic rings. The SMILES string of the molecule is CC(=O)CC1(O)C(=O)N(CCOc2ccccc2Cl)c2c(Cl)cccc21. The molecule has 1 aliphatic rings. The minimum absolute atomic E-state index is 0.149. The van der Waals surface area contributed by atoms with Crippen molar-refractivity contribution in [1.82, 2.24) is 0 Å². The van der Waals surface area contributed by atoms with E-state index in [9.17, 15) is 14.7 Å². The number of anilines is 1. The Bertz CT molecular complexity index is 870. The van der Waals surface area contributed by atoms with Gasteiger partial charge in [-0.05, 0) is 25.1 Å². The van der Waals surface area contributed by atoms with E-state index in [1.807, 2.05) is 0 Å². The second-order valence-corrected chi connectivity index (χ2v) is 6.93. The monoisotopic (exact) mass is 393 g/mol. The van der Waals surface area contributed by atoms with Crippen LogP contribution in [0.4, 0.5) is 5.69 Å². The van der Waals surface area contributed by atoms with E-state index in [0.29, 0.717) is 27.0 Å². The molecule has 2 aromatic carbocycles. The van der Waals surface area contributed by atoms with Crippen LogP contribution in [0, 0.1) is 0 Å². The highest BCUT2D eigenvalue weighted by Gasteiger charge is 2.51. The van der Waals surface area contributed by atoms with Gasteiger partial charge in [-0.3, -0.25) is 9.59 Å². The zero-order valence-electron chi connectivity index (χ0n) is 14.0. The van der Waals surface area contributed by atoms with Gasteiger partial charge in [0.05, 0.1) is 22.3 Å². The highest BCUT2D eigenvalue weighted by atomic mass is 35.5. The fourth-order valence-corrected chi connectivity index (χ4v) is 3.58. The maximum Gasteiger partial charge on any atom is 0.264 e. The first-order valence-corrected chi connectivity index (χ1v) is 8.80. The molecule has 1 amide bonds. The molecule has 7 heteroatoms. The number of para-hydroxylation sites is 2. The summed E-state index contributed by atoms with van der Waals surface area (Å²) in [5.74, 6) is -0.376. The van der Waals surface area contributed by atoms with E-state index in [1.165, 1.54) is 11.8 Å². The Labute approximate surface area is 161 Å². The molecular formula is C19H17Cl2NO4. The molecular weight excluding hydrogens is 377 g/mol. The molecule has 0 aliphatic carbocycles. The number of ether oxygens (including phenoxy) is 1. The van der Waals surface area contributed by atoms with Crippen LogP contribution in [-0.2, 0) is 15.2 Å². The predicted octanol–water partition coefficient (Wildman–Crippen LogP) is 3.59. The third-order valence-corrected chi connectivity index (χ3v) is 4.83. The minimum atomic E-state index is -1.91. The van der Waals surface area contributed by atoms with Crippen molar-refractivity contribution in [2.45, 2.75) is 18.9 Å². The number of rotatable bonds is 6. The Hall–Kier alpha value is -2.08. The molecule has 0 spiro atoms. The molecule has 0 aromatic heterocycles. The standard InChI is InChI=1S/C19H17Cl2NO4/c1-12(23)11-19(25)13-5-4-7-15(21)17(13)22(18(19)24)9-10-26-16-8-3-2-6-14(16)20/h2-8,25H,9-11H2,1H3. The van der Waals surface area contributed by atoms with Crippen LogP contribution in [0.25, 0.3) is 0 Å². The Morgan fingerprint density at radius 2 is 1.85 bits per heavy atom. The maximum absolute atomic E-state index is 12.9. The van der Waals surface area contributed by atoms with Crippen LogP contribution in [-0.4, -0.2) is 29.9 Å². The quantitative estimate of drug-likeness (QED) is 0.814. The van der Waals surface area contributed by atoms with Gasteiger partial charge >= 0.3 is 0 Å². The van der Waals surface area contributed by atoms with E-state index < -0.39 is 11.5 Å². The van der Waals surface area contributed by atoms with Gasteiger partial charge in [0.2, 0.25) is 0 Å². The largest absolute Gasteiger partial charge is 0.490 e. The molecule has 0 saturated carbocycles. The summed E-state index contributed by atoms with van der Waals surface area (Å²) in [5.41, 5.74) is -1.16. The van der Waals surface area contributed by atoms with Gasteiger partial charge in [-0.25, -0.2) is 0 Å². The molecule has 1 heterocycles. The number of hydrogen-bond donors (Lipinski definition) is 1. The highest BCUT2D eigenvalue weighted by molar-refractivity contribution is 6.35. The summed E-state index contributed by atoms with van der Waals surface area (Å²) in [6, 6.07) is 11.9. The van der Waals surface area contributed by atoms with Crippen molar-refractivity contribution >= 4 is 40.6 Å². The van der Waals surface area contributed by atoms with Gasteiger partial charge in [-0.1, -0.05) is 47.5 Å². The van der Waals surface area contributed by atoms with Crippen LogP contribution in [0.15, 0.2) is 42.5 Å². The predicted molar refractivity (Wildman–Crippen MR) is 99.9 cm³/mol. The zero-order valence-corrected chi connectivity index (χ0v) is 15.5. The molecule has 5 nitrogen and oxygen atoms in total. The number of fused-ring (bicyclic) bond motifs is 1. The van der Waals surface area contributed by atoms with Crippen molar-refractivity contribution in [3.63, 3.8) is 0 Å². The molecule has 1 atom stereocenters. The Balaban J connectivity index is 1.85. The van der Waals surface area contributed by atoms with Crippen LogP contribution in [0.3, 0.4) is 0 Å². The van der Waals surface area contributed by atoms with Crippen LogP contribution in [0.5, 0.6) is 5.75 Å². The number of carbonyl (C=O) groups excluding carboxylic acids is 2.